The Morgan fingerprint density at radius 2 is 1.91 bits per heavy atom. The molecule has 0 spiro atoms. The summed E-state index contributed by atoms with van der Waals surface area (Å²) in [5.41, 5.74) is 4.64. The van der Waals surface area contributed by atoms with E-state index in [0.717, 1.165) is 11.4 Å². The fourth-order valence-electron chi connectivity index (χ4n) is 3.79. The van der Waals surface area contributed by atoms with Crippen molar-refractivity contribution in [3.05, 3.63) is 76.0 Å². The van der Waals surface area contributed by atoms with Crippen molar-refractivity contribution in [2.75, 3.05) is 10.6 Å². The molecule has 2 N–H and O–H groups in total. The molecule has 1 aliphatic rings. The predicted molar refractivity (Wildman–Crippen MR) is 131 cm³/mol. The van der Waals surface area contributed by atoms with Crippen LogP contribution in [0.15, 0.2) is 65.0 Å². The summed E-state index contributed by atoms with van der Waals surface area (Å²) in [7, 11) is 0. The van der Waals surface area contributed by atoms with E-state index in [1.807, 2.05) is 23.7 Å². The van der Waals surface area contributed by atoms with E-state index in [2.05, 4.69) is 48.5 Å². The van der Waals surface area contributed by atoms with Crippen LogP contribution in [0, 0.1) is 12.8 Å². The lowest BCUT2D eigenvalue weighted by molar-refractivity contribution is -0.113. The van der Waals surface area contributed by atoms with E-state index in [-0.39, 0.29) is 17.9 Å². The molecule has 2 heterocycles. The number of allylic oxidation sites excluding steroid dienone is 1. The lowest BCUT2D eigenvalue weighted by atomic mass is 9.92. The Balaban J connectivity index is 1.57. The second-order valence-electron chi connectivity index (χ2n) is 8.19. The van der Waals surface area contributed by atoms with Gasteiger partial charge in [-0.3, -0.25) is 4.79 Å². The lowest BCUT2D eigenvalue weighted by Gasteiger charge is -2.30. The minimum absolute atomic E-state index is 0.146. The Morgan fingerprint density at radius 3 is 2.59 bits per heavy atom. The molecule has 1 atom stereocenters. The van der Waals surface area contributed by atoms with E-state index in [4.69, 9.17) is 16.7 Å². The molecule has 1 aromatic heterocycles. The molecule has 3 aromatic rings. The number of aromatic nitrogens is 3. The molecule has 0 saturated heterocycles. The number of nitrogens with zero attached hydrogens (tertiary/aromatic N) is 3. The highest BCUT2D eigenvalue weighted by atomic mass is 35.5. The summed E-state index contributed by atoms with van der Waals surface area (Å²) >= 11 is 7.56. The molecule has 32 heavy (non-hydrogen) atoms. The van der Waals surface area contributed by atoms with Gasteiger partial charge < -0.3 is 10.6 Å². The minimum atomic E-state index is -0.223. The van der Waals surface area contributed by atoms with Crippen molar-refractivity contribution in [3.8, 4) is 0 Å². The van der Waals surface area contributed by atoms with Gasteiger partial charge in [-0.15, -0.1) is 5.10 Å². The van der Waals surface area contributed by atoms with Gasteiger partial charge >= 0.3 is 0 Å². The second-order valence-corrected chi connectivity index (χ2v) is 9.57. The van der Waals surface area contributed by atoms with Crippen LogP contribution in [0.3, 0.4) is 0 Å². The van der Waals surface area contributed by atoms with Crippen LogP contribution in [-0.4, -0.2) is 20.7 Å². The van der Waals surface area contributed by atoms with Gasteiger partial charge in [0, 0.05) is 22.2 Å². The number of hydrogen-bond donors (Lipinski definition) is 2. The van der Waals surface area contributed by atoms with E-state index < -0.39 is 0 Å². The summed E-state index contributed by atoms with van der Waals surface area (Å²) in [6, 6.07) is 15.2. The van der Waals surface area contributed by atoms with Crippen LogP contribution in [0.5, 0.6) is 0 Å². The minimum Gasteiger partial charge on any atom is -0.328 e. The van der Waals surface area contributed by atoms with Gasteiger partial charge in [-0.2, -0.15) is 4.98 Å². The van der Waals surface area contributed by atoms with Crippen LogP contribution >= 0.6 is 23.4 Å². The maximum atomic E-state index is 13.2. The summed E-state index contributed by atoms with van der Waals surface area (Å²) < 4.78 is 1.84. The first-order valence-corrected chi connectivity index (χ1v) is 11.9. The molecule has 1 aliphatic heterocycles. The van der Waals surface area contributed by atoms with Crippen molar-refractivity contribution < 1.29 is 4.79 Å². The molecule has 166 valence electrons. The number of benzene rings is 2. The zero-order chi connectivity index (χ0) is 22.8. The number of aryl methyl sites for hydroxylation is 1. The second kappa shape index (κ2) is 9.38. The van der Waals surface area contributed by atoms with Crippen molar-refractivity contribution in [1.82, 2.24) is 14.8 Å². The van der Waals surface area contributed by atoms with E-state index >= 15 is 0 Å². The molecule has 0 bridgehead atoms. The van der Waals surface area contributed by atoms with Crippen molar-refractivity contribution in [1.29, 1.82) is 0 Å². The zero-order valence-electron chi connectivity index (χ0n) is 18.5. The molecular formula is C24H26ClN5OS. The van der Waals surface area contributed by atoms with Crippen LogP contribution in [0.1, 0.15) is 37.9 Å². The smallest absolute Gasteiger partial charge is 0.255 e. The largest absolute Gasteiger partial charge is 0.328 e. The topological polar surface area (TPSA) is 71.8 Å². The zero-order valence-corrected chi connectivity index (χ0v) is 20.1. The molecule has 4 rings (SSSR count). The first-order chi connectivity index (χ1) is 15.3. The van der Waals surface area contributed by atoms with Gasteiger partial charge in [0.2, 0.25) is 11.1 Å². The van der Waals surface area contributed by atoms with Crippen molar-refractivity contribution in [2.24, 2.45) is 5.92 Å². The molecule has 8 heteroatoms. The number of amides is 1. The molecule has 1 amide bonds. The summed E-state index contributed by atoms with van der Waals surface area (Å²) in [4.78, 5) is 17.9. The SMILES string of the molecule is CC1=C(C(=O)Nc2ccc(Cl)cc2)[C@@H](C(C)C)n2nc(SCc3ccccc3C)nc2N1. The number of hydrogen-bond acceptors (Lipinski definition) is 5. The highest BCUT2D eigenvalue weighted by Gasteiger charge is 2.35. The Labute approximate surface area is 197 Å². The Morgan fingerprint density at radius 1 is 1.19 bits per heavy atom. The van der Waals surface area contributed by atoms with E-state index in [9.17, 15) is 4.79 Å². The van der Waals surface area contributed by atoms with E-state index in [1.165, 1.54) is 11.1 Å². The Kier molecular flexibility index (Phi) is 6.58. The highest BCUT2D eigenvalue weighted by molar-refractivity contribution is 7.98. The number of fused-ring (bicyclic) bond motifs is 1. The number of carbonyl (C=O) groups excluding carboxylic acids is 1. The van der Waals surface area contributed by atoms with Gasteiger partial charge in [-0.05, 0) is 55.2 Å². The summed E-state index contributed by atoms with van der Waals surface area (Å²) in [6.45, 7) is 8.19. The maximum absolute atomic E-state index is 13.2. The van der Waals surface area contributed by atoms with Crippen LogP contribution < -0.4 is 10.6 Å². The van der Waals surface area contributed by atoms with Crippen LogP contribution in [0.25, 0.3) is 0 Å². The van der Waals surface area contributed by atoms with E-state index in [1.54, 1.807) is 36.0 Å². The van der Waals surface area contributed by atoms with Crippen LogP contribution in [0.4, 0.5) is 11.6 Å². The average molecular weight is 468 g/mol. The number of anilines is 2. The molecule has 0 saturated carbocycles. The number of rotatable bonds is 6. The monoisotopic (exact) mass is 467 g/mol. The van der Waals surface area contributed by atoms with Gasteiger partial charge in [-0.1, -0.05) is 61.5 Å². The van der Waals surface area contributed by atoms with Gasteiger partial charge in [0.25, 0.3) is 5.91 Å². The molecular weight excluding hydrogens is 442 g/mol. The number of thioether (sulfide) groups is 1. The predicted octanol–water partition coefficient (Wildman–Crippen LogP) is 6.07. The Hall–Kier alpha value is -2.77. The van der Waals surface area contributed by atoms with Crippen LogP contribution in [-0.2, 0) is 10.5 Å². The van der Waals surface area contributed by atoms with Gasteiger partial charge in [0.1, 0.15) is 0 Å². The molecule has 6 nitrogen and oxygen atoms in total. The fraction of sp³-hybridized carbons (Fsp3) is 0.292. The normalized spacial score (nSPS) is 15.5. The van der Waals surface area contributed by atoms with Crippen molar-refractivity contribution in [2.45, 2.75) is 44.6 Å². The number of nitrogens with one attached hydrogen (secondary N) is 2. The van der Waals surface area contributed by atoms with Crippen molar-refractivity contribution >= 4 is 40.9 Å². The maximum Gasteiger partial charge on any atom is 0.255 e. The molecule has 2 aromatic carbocycles. The summed E-state index contributed by atoms with van der Waals surface area (Å²) in [5.74, 6) is 1.44. The molecule has 0 radical (unpaired) electrons. The first kappa shape index (κ1) is 22.4. The Bertz CT molecular complexity index is 1170. The first-order valence-electron chi connectivity index (χ1n) is 10.5. The third-order valence-electron chi connectivity index (χ3n) is 5.47. The lowest BCUT2D eigenvalue weighted by Crippen LogP contribution is -2.33. The third kappa shape index (κ3) is 4.69. The van der Waals surface area contributed by atoms with Gasteiger partial charge in [0.15, 0.2) is 0 Å². The quantitative estimate of drug-likeness (QED) is 0.430. The highest BCUT2D eigenvalue weighted by Crippen LogP contribution is 2.37. The average Bonchev–Trinajstić information content (AvgIpc) is 3.15. The molecule has 0 aliphatic carbocycles. The van der Waals surface area contributed by atoms with Gasteiger partial charge in [-0.25, -0.2) is 4.68 Å². The number of carbonyl (C=O) groups is 1. The standard InChI is InChI=1S/C24H26ClN5OS/c1-14(2)21-20(22(31)27-19-11-9-18(25)10-12-19)16(4)26-23-28-24(29-30(21)23)32-13-17-8-6-5-7-15(17)3/h5-12,14,21H,13H2,1-4H3,(H,27,31)(H,26,28,29)/t21-/m1/s1. The van der Waals surface area contributed by atoms with Crippen LogP contribution in [0.2, 0.25) is 5.02 Å². The molecule has 0 fully saturated rings. The molecule has 0 unspecified atom stereocenters. The number of halogens is 1. The van der Waals surface area contributed by atoms with E-state index in [0.29, 0.717) is 27.4 Å². The summed E-state index contributed by atoms with van der Waals surface area (Å²) in [6.07, 6.45) is 0. The third-order valence-corrected chi connectivity index (χ3v) is 6.61. The van der Waals surface area contributed by atoms with Gasteiger partial charge in [0.05, 0.1) is 11.6 Å². The fourth-order valence-corrected chi connectivity index (χ4v) is 4.82. The summed E-state index contributed by atoms with van der Waals surface area (Å²) in [5, 5.41) is 12.3. The van der Waals surface area contributed by atoms with Crippen molar-refractivity contribution in [3.63, 3.8) is 0 Å².